The summed E-state index contributed by atoms with van der Waals surface area (Å²) in [5.74, 6) is -0.380. The number of rotatable bonds is 0. The van der Waals surface area contributed by atoms with Gasteiger partial charge in [-0.15, -0.1) is 0 Å². The second kappa shape index (κ2) is 2.10. The molecule has 1 N–H and O–H groups in total. The number of ether oxygens (including phenoxy) is 1. The van der Waals surface area contributed by atoms with Crippen LogP contribution >= 0.6 is 0 Å². The Morgan fingerprint density at radius 1 is 1.38 bits per heavy atom. The zero-order valence-electron chi connectivity index (χ0n) is 6.68. The summed E-state index contributed by atoms with van der Waals surface area (Å²) in [7, 11) is 0. The van der Waals surface area contributed by atoms with Crippen LogP contribution in [0.2, 0.25) is 0 Å². The van der Waals surface area contributed by atoms with Crippen molar-refractivity contribution in [2.24, 2.45) is 0 Å². The maximum atomic E-state index is 11.4. The van der Waals surface area contributed by atoms with E-state index in [0.717, 1.165) is 5.56 Å². The number of hydrogen-bond acceptors (Lipinski definition) is 3. The standard InChI is InChI=1S/C9H7NO3/c11-8-6-4-2-1-3-5(6)7-9(13-7)10(8)12/h1-4,7,9,12H. The van der Waals surface area contributed by atoms with Gasteiger partial charge < -0.3 is 4.74 Å². The number of carbonyl (C=O) groups is 1. The van der Waals surface area contributed by atoms with E-state index in [1.807, 2.05) is 12.1 Å². The molecule has 1 saturated heterocycles. The molecule has 4 nitrogen and oxygen atoms in total. The monoisotopic (exact) mass is 177 g/mol. The van der Waals surface area contributed by atoms with Gasteiger partial charge in [-0.1, -0.05) is 18.2 Å². The van der Waals surface area contributed by atoms with E-state index < -0.39 is 6.23 Å². The van der Waals surface area contributed by atoms with Crippen molar-refractivity contribution in [1.29, 1.82) is 0 Å². The highest BCUT2D eigenvalue weighted by molar-refractivity contribution is 5.96. The molecule has 1 amide bonds. The van der Waals surface area contributed by atoms with Gasteiger partial charge in [0.05, 0.1) is 0 Å². The summed E-state index contributed by atoms with van der Waals surface area (Å²) in [6.07, 6.45) is -0.582. The fraction of sp³-hybridized carbons (Fsp3) is 0.222. The lowest BCUT2D eigenvalue weighted by Gasteiger charge is -2.18. The van der Waals surface area contributed by atoms with E-state index in [1.54, 1.807) is 12.1 Å². The van der Waals surface area contributed by atoms with Crippen molar-refractivity contribution in [3.05, 3.63) is 35.4 Å². The molecule has 66 valence electrons. The molecule has 0 aromatic heterocycles. The maximum absolute atomic E-state index is 11.4. The fourth-order valence-electron chi connectivity index (χ4n) is 1.70. The minimum absolute atomic E-state index is 0.126. The predicted octanol–water partition coefficient (Wildman–Crippen LogP) is 0.929. The zero-order valence-corrected chi connectivity index (χ0v) is 6.68. The average molecular weight is 177 g/mol. The quantitative estimate of drug-likeness (QED) is 0.473. The van der Waals surface area contributed by atoms with Crippen molar-refractivity contribution < 1.29 is 14.7 Å². The predicted molar refractivity (Wildman–Crippen MR) is 42.0 cm³/mol. The number of nitrogens with zero attached hydrogens (tertiary/aromatic N) is 1. The molecule has 2 heterocycles. The molecule has 3 rings (SSSR count). The summed E-state index contributed by atoms with van der Waals surface area (Å²) in [5, 5.41) is 9.95. The van der Waals surface area contributed by atoms with Crippen LogP contribution in [0.1, 0.15) is 22.0 Å². The van der Waals surface area contributed by atoms with Crippen molar-refractivity contribution in [2.75, 3.05) is 0 Å². The molecule has 2 aliphatic heterocycles. The van der Waals surface area contributed by atoms with Gasteiger partial charge >= 0.3 is 0 Å². The summed E-state index contributed by atoms with van der Waals surface area (Å²) < 4.78 is 5.14. The first-order valence-corrected chi connectivity index (χ1v) is 4.06. The van der Waals surface area contributed by atoms with Gasteiger partial charge in [0.1, 0.15) is 6.10 Å². The first-order chi connectivity index (χ1) is 6.29. The molecule has 1 aromatic carbocycles. The van der Waals surface area contributed by atoms with Gasteiger partial charge in [0.25, 0.3) is 5.91 Å². The molecule has 0 saturated carbocycles. The molecular weight excluding hydrogens is 170 g/mol. The lowest BCUT2D eigenvalue weighted by Crippen LogP contribution is -2.34. The van der Waals surface area contributed by atoms with E-state index in [2.05, 4.69) is 0 Å². The number of hydrogen-bond donors (Lipinski definition) is 1. The Bertz CT molecular complexity index is 390. The van der Waals surface area contributed by atoms with E-state index in [4.69, 9.17) is 4.74 Å². The summed E-state index contributed by atoms with van der Waals surface area (Å²) in [4.78, 5) is 11.4. The van der Waals surface area contributed by atoms with Crippen LogP contribution in [-0.2, 0) is 4.74 Å². The first kappa shape index (κ1) is 7.06. The van der Waals surface area contributed by atoms with E-state index >= 15 is 0 Å². The summed E-state index contributed by atoms with van der Waals surface area (Å²) >= 11 is 0. The second-order valence-electron chi connectivity index (χ2n) is 3.18. The Hall–Kier alpha value is -1.39. The molecule has 0 aliphatic carbocycles. The van der Waals surface area contributed by atoms with E-state index in [-0.39, 0.29) is 12.0 Å². The lowest BCUT2D eigenvalue weighted by atomic mass is 10.0. The summed E-state index contributed by atoms with van der Waals surface area (Å²) in [6, 6.07) is 7.18. The number of amides is 1. The summed E-state index contributed by atoms with van der Waals surface area (Å²) in [5.41, 5.74) is 1.41. The van der Waals surface area contributed by atoms with Crippen molar-refractivity contribution in [1.82, 2.24) is 5.06 Å². The summed E-state index contributed by atoms with van der Waals surface area (Å²) in [6.45, 7) is 0. The molecule has 1 aromatic rings. The maximum Gasteiger partial charge on any atom is 0.280 e. The minimum Gasteiger partial charge on any atom is -0.340 e. The van der Waals surface area contributed by atoms with Crippen LogP contribution in [0.15, 0.2) is 24.3 Å². The molecule has 0 bridgehead atoms. The third kappa shape index (κ3) is 0.787. The molecular formula is C9H7NO3. The molecule has 4 heteroatoms. The van der Waals surface area contributed by atoms with Gasteiger partial charge in [-0.05, 0) is 11.6 Å². The van der Waals surface area contributed by atoms with Crippen molar-refractivity contribution in [2.45, 2.75) is 12.3 Å². The Labute approximate surface area is 74.3 Å². The van der Waals surface area contributed by atoms with Gasteiger partial charge in [-0.25, -0.2) is 0 Å². The number of carbonyl (C=O) groups excluding carboxylic acids is 1. The van der Waals surface area contributed by atoms with Crippen LogP contribution < -0.4 is 0 Å². The van der Waals surface area contributed by atoms with E-state index in [0.29, 0.717) is 10.6 Å². The van der Waals surface area contributed by atoms with Crippen LogP contribution in [0.4, 0.5) is 0 Å². The highest BCUT2D eigenvalue weighted by atomic mass is 16.7. The van der Waals surface area contributed by atoms with Crippen molar-refractivity contribution >= 4 is 5.91 Å². The van der Waals surface area contributed by atoms with Gasteiger partial charge in [0, 0.05) is 5.56 Å². The Morgan fingerprint density at radius 3 is 3.00 bits per heavy atom. The zero-order chi connectivity index (χ0) is 9.00. The van der Waals surface area contributed by atoms with E-state index in [1.165, 1.54) is 0 Å². The SMILES string of the molecule is O=C1c2ccccc2C2OC2N1O. The number of fused-ring (bicyclic) bond motifs is 3. The van der Waals surface area contributed by atoms with Gasteiger partial charge in [-0.2, -0.15) is 5.06 Å². The molecule has 13 heavy (non-hydrogen) atoms. The van der Waals surface area contributed by atoms with Crippen LogP contribution in [0.25, 0.3) is 0 Å². The Kier molecular flexibility index (Phi) is 1.14. The highest BCUT2D eigenvalue weighted by Gasteiger charge is 2.52. The molecule has 2 unspecified atom stereocenters. The topological polar surface area (TPSA) is 53.1 Å². The van der Waals surface area contributed by atoms with Crippen molar-refractivity contribution in [3.8, 4) is 0 Å². The molecule has 2 aliphatic rings. The third-order valence-electron chi connectivity index (χ3n) is 2.42. The average Bonchev–Trinajstić information content (AvgIpc) is 2.94. The first-order valence-electron chi connectivity index (χ1n) is 4.06. The largest absolute Gasteiger partial charge is 0.340 e. The molecule has 1 fully saturated rings. The molecule has 2 atom stereocenters. The molecule has 0 radical (unpaired) electrons. The van der Waals surface area contributed by atoms with Crippen LogP contribution in [0.3, 0.4) is 0 Å². The van der Waals surface area contributed by atoms with Crippen LogP contribution in [0, 0.1) is 0 Å². The smallest absolute Gasteiger partial charge is 0.280 e. The number of benzene rings is 1. The second-order valence-corrected chi connectivity index (χ2v) is 3.18. The van der Waals surface area contributed by atoms with Gasteiger partial charge in [0.15, 0.2) is 6.23 Å². The third-order valence-corrected chi connectivity index (χ3v) is 2.42. The highest BCUT2D eigenvalue weighted by Crippen LogP contribution is 2.45. The normalized spacial score (nSPS) is 29.6. The Balaban J connectivity index is 2.20. The van der Waals surface area contributed by atoms with Gasteiger partial charge in [-0.3, -0.25) is 10.0 Å². The van der Waals surface area contributed by atoms with Crippen molar-refractivity contribution in [3.63, 3.8) is 0 Å². The number of epoxide rings is 1. The van der Waals surface area contributed by atoms with E-state index in [9.17, 15) is 10.0 Å². The fourth-order valence-corrected chi connectivity index (χ4v) is 1.70. The van der Waals surface area contributed by atoms with Gasteiger partial charge in [0.2, 0.25) is 0 Å². The minimum atomic E-state index is -0.456. The Morgan fingerprint density at radius 2 is 2.15 bits per heavy atom. The molecule has 0 spiro atoms. The van der Waals surface area contributed by atoms with Crippen LogP contribution in [0.5, 0.6) is 0 Å². The van der Waals surface area contributed by atoms with Crippen LogP contribution in [-0.4, -0.2) is 22.4 Å². The number of hydroxylamine groups is 2. The lowest BCUT2D eigenvalue weighted by molar-refractivity contribution is -0.0877.